The van der Waals surface area contributed by atoms with Gasteiger partial charge in [0.2, 0.25) is 5.91 Å². The van der Waals surface area contributed by atoms with E-state index in [4.69, 9.17) is 4.74 Å². The van der Waals surface area contributed by atoms with E-state index in [-0.39, 0.29) is 24.3 Å². The third-order valence-corrected chi connectivity index (χ3v) is 4.16. The van der Waals surface area contributed by atoms with Crippen LogP contribution in [0.1, 0.15) is 34.1 Å². The Morgan fingerprint density at radius 1 is 0.900 bits per heavy atom. The first kappa shape index (κ1) is 22.9. The third-order valence-electron chi connectivity index (χ3n) is 4.16. The number of carbonyl (C=O) groups is 3. The summed E-state index contributed by atoms with van der Waals surface area (Å²) in [6.45, 7) is 3.57. The lowest BCUT2D eigenvalue weighted by atomic mass is 10.2. The summed E-state index contributed by atoms with van der Waals surface area (Å²) in [6.07, 6.45) is 0.731. The second kappa shape index (κ2) is 12.2. The molecule has 2 aromatic rings. The van der Waals surface area contributed by atoms with Gasteiger partial charge >= 0.3 is 0 Å². The maximum atomic E-state index is 12.2. The molecule has 8 heteroatoms. The van der Waals surface area contributed by atoms with Crippen LogP contribution in [-0.4, -0.2) is 51.1 Å². The minimum atomic E-state index is -0.250. The Bertz CT molecular complexity index is 852. The van der Waals surface area contributed by atoms with E-state index in [9.17, 15) is 14.4 Å². The second-order valence-corrected chi connectivity index (χ2v) is 6.52. The molecule has 4 N–H and O–H groups in total. The van der Waals surface area contributed by atoms with Crippen LogP contribution in [0.5, 0.6) is 0 Å². The monoisotopic (exact) mass is 412 g/mol. The maximum Gasteiger partial charge on any atom is 0.251 e. The van der Waals surface area contributed by atoms with Gasteiger partial charge in [-0.2, -0.15) is 0 Å². The summed E-state index contributed by atoms with van der Waals surface area (Å²) in [6, 6.07) is 13.6. The van der Waals surface area contributed by atoms with Crippen LogP contribution >= 0.6 is 0 Å². The van der Waals surface area contributed by atoms with Crippen LogP contribution in [0.15, 0.2) is 48.5 Å². The quantitative estimate of drug-likeness (QED) is 0.424. The molecule has 0 fully saturated rings. The highest BCUT2D eigenvalue weighted by Gasteiger charge is 2.08. The number of nitrogens with one attached hydrogen (secondary N) is 4. The summed E-state index contributed by atoms with van der Waals surface area (Å²) in [4.78, 5) is 36.1. The molecule has 0 spiro atoms. The standard InChI is InChI=1S/C22H28N4O4/c1-3-23-21(28)16-8-10-18(11-9-16)25-15-20(27)26-19-7-4-6-17(14-19)22(29)24-12-5-13-30-2/h4,6-11,14,25H,3,5,12-13,15H2,1-2H3,(H,23,28)(H,24,29)(H,26,27). The Morgan fingerprint density at radius 2 is 1.63 bits per heavy atom. The highest BCUT2D eigenvalue weighted by atomic mass is 16.5. The predicted molar refractivity (Wildman–Crippen MR) is 117 cm³/mol. The van der Waals surface area contributed by atoms with Crippen molar-refractivity contribution < 1.29 is 19.1 Å². The summed E-state index contributed by atoms with van der Waals surface area (Å²) in [5.41, 5.74) is 2.29. The lowest BCUT2D eigenvalue weighted by molar-refractivity contribution is -0.114. The smallest absolute Gasteiger partial charge is 0.251 e. The molecule has 30 heavy (non-hydrogen) atoms. The van der Waals surface area contributed by atoms with Crippen molar-refractivity contribution in [2.45, 2.75) is 13.3 Å². The molecule has 0 saturated heterocycles. The second-order valence-electron chi connectivity index (χ2n) is 6.52. The number of carbonyl (C=O) groups excluding carboxylic acids is 3. The highest BCUT2D eigenvalue weighted by Crippen LogP contribution is 2.12. The summed E-state index contributed by atoms with van der Waals surface area (Å²) >= 11 is 0. The van der Waals surface area contributed by atoms with E-state index in [0.717, 1.165) is 12.1 Å². The number of rotatable bonds is 11. The van der Waals surface area contributed by atoms with Gasteiger partial charge in [-0.1, -0.05) is 6.07 Å². The number of hydrogen-bond donors (Lipinski definition) is 4. The Kier molecular flexibility index (Phi) is 9.33. The minimum Gasteiger partial charge on any atom is -0.385 e. The Hall–Kier alpha value is -3.39. The highest BCUT2D eigenvalue weighted by molar-refractivity contribution is 5.98. The number of amides is 3. The van der Waals surface area contributed by atoms with Crippen molar-refractivity contribution in [3.63, 3.8) is 0 Å². The number of anilines is 2. The largest absolute Gasteiger partial charge is 0.385 e. The van der Waals surface area contributed by atoms with E-state index < -0.39 is 0 Å². The van der Waals surface area contributed by atoms with Crippen LogP contribution in [0.25, 0.3) is 0 Å². The van der Waals surface area contributed by atoms with E-state index in [1.807, 2.05) is 6.92 Å². The molecule has 2 aromatic carbocycles. The molecule has 0 aliphatic heterocycles. The molecule has 0 atom stereocenters. The molecule has 0 aliphatic rings. The van der Waals surface area contributed by atoms with E-state index in [2.05, 4.69) is 21.3 Å². The van der Waals surface area contributed by atoms with Gasteiger partial charge in [0.25, 0.3) is 11.8 Å². The SMILES string of the molecule is CCNC(=O)c1ccc(NCC(=O)Nc2cccc(C(=O)NCCCOC)c2)cc1. The van der Waals surface area contributed by atoms with Gasteiger partial charge in [0.05, 0.1) is 6.54 Å². The van der Waals surface area contributed by atoms with Gasteiger partial charge in [-0.25, -0.2) is 0 Å². The van der Waals surface area contributed by atoms with Gasteiger partial charge in [0, 0.05) is 49.3 Å². The van der Waals surface area contributed by atoms with Crippen molar-refractivity contribution in [3.05, 3.63) is 59.7 Å². The summed E-state index contributed by atoms with van der Waals surface area (Å²) in [7, 11) is 1.61. The average molecular weight is 412 g/mol. The maximum absolute atomic E-state index is 12.2. The van der Waals surface area contributed by atoms with Crippen molar-refractivity contribution in [1.82, 2.24) is 10.6 Å². The molecule has 0 aromatic heterocycles. The fourth-order valence-corrected chi connectivity index (χ4v) is 2.65. The average Bonchev–Trinajstić information content (AvgIpc) is 2.76. The molecule has 160 valence electrons. The molecule has 0 unspecified atom stereocenters. The van der Waals surface area contributed by atoms with Crippen molar-refractivity contribution in [2.24, 2.45) is 0 Å². The van der Waals surface area contributed by atoms with Crippen molar-refractivity contribution >= 4 is 29.1 Å². The molecular formula is C22H28N4O4. The van der Waals surface area contributed by atoms with E-state index >= 15 is 0 Å². The Balaban J connectivity index is 1.83. The normalized spacial score (nSPS) is 10.2. The van der Waals surface area contributed by atoms with Crippen LogP contribution in [-0.2, 0) is 9.53 Å². The number of benzene rings is 2. The van der Waals surface area contributed by atoms with Crippen LogP contribution in [0.2, 0.25) is 0 Å². The predicted octanol–water partition coefficient (Wildman–Crippen LogP) is 2.25. The zero-order valence-corrected chi connectivity index (χ0v) is 17.3. The molecule has 0 saturated carbocycles. The van der Waals surface area contributed by atoms with Gasteiger partial charge in [-0.15, -0.1) is 0 Å². The molecule has 0 heterocycles. The van der Waals surface area contributed by atoms with E-state index in [0.29, 0.717) is 36.5 Å². The van der Waals surface area contributed by atoms with Crippen molar-refractivity contribution in [1.29, 1.82) is 0 Å². The van der Waals surface area contributed by atoms with Gasteiger partial charge in [0.1, 0.15) is 0 Å². The van der Waals surface area contributed by atoms with E-state index in [1.165, 1.54) is 0 Å². The van der Waals surface area contributed by atoms with E-state index in [1.54, 1.807) is 55.6 Å². The number of hydrogen-bond acceptors (Lipinski definition) is 5. The number of methoxy groups -OCH3 is 1. The first-order valence-corrected chi connectivity index (χ1v) is 9.82. The molecule has 8 nitrogen and oxygen atoms in total. The van der Waals surface area contributed by atoms with Crippen LogP contribution in [0.4, 0.5) is 11.4 Å². The van der Waals surface area contributed by atoms with Crippen molar-refractivity contribution in [3.8, 4) is 0 Å². The topological polar surface area (TPSA) is 109 Å². The fourth-order valence-electron chi connectivity index (χ4n) is 2.65. The third kappa shape index (κ3) is 7.56. The molecular weight excluding hydrogens is 384 g/mol. The first-order chi connectivity index (χ1) is 14.5. The Labute approximate surface area is 176 Å². The molecule has 2 rings (SSSR count). The molecule has 0 bridgehead atoms. The van der Waals surface area contributed by atoms with Crippen molar-refractivity contribution in [2.75, 3.05) is 44.0 Å². The summed E-state index contributed by atoms with van der Waals surface area (Å²) < 4.78 is 4.95. The summed E-state index contributed by atoms with van der Waals surface area (Å²) in [5.74, 6) is -0.586. The van der Waals surface area contributed by atoms with Gasteiger partial charge < -0.3 is 26.0 Å². The summed E-state index contributed by atoms with van der Waals surface area (Å²) in [5, 5.41) is 11.3. The molecule has 0 radical (unpaired) electrons. The van der Waals surface area contributed by atoms with Crippen LogP contribution in [0, 0.1) is 0 Å². The lowest BCUT2D eigenvalue weighted by Gasteiger charge is -2.10. The zero-order chi connectivity index (χ0) is 21.8. The lowest BCUT2D eigenvalue weighted by Crippen LogP contribution is -2.25. The number of ether oxygens (including phenoxy) is 1. The van der Waals surface area contributed by atoms with Crippen LogP contribution < -0.4 is 21.3 Å². The van der Waals surface area contributed by atoms with Gasteiger partial charge in [-0.05, 0) is 55.8 Å². The van der Waals surface area contributed by atoms with Gasteiger partial charge in [0.15, 0.2) is 0 Å². The zero-order valence-electron chi connectivity index (χ0n) is 17.3. The fraction of sp³-hybridized carbons (Fsp3) is 0.318. The Morgan fingerprint density at radius 3 is 2.33 bits per heavy atom. The molecule has 3 amide bonds. The molecule has 0 aliphatic carbocycles. The van der Waals surface area contributed by atoms with Gasteiger partial charge in [-0.3, -0.25) is 14.4 Å². The first-order valence-electron chi connectivity index (χ1n) is 9.82. The minimum absolute atomic E-state index is 0.0495. The van der Waals surface area contributed by atoms with Crippen LogP contribution in [0.3, 0.4) is 0 Å².